The normalized spacial score (nSPS) is 11.5. The highest BCUT2D eigenvalue weighted by atomic mass is 16.5. The van der Waals surface area contributed by atoms with Crippen molar-refractivity contribution in [3.8, 4) is 0 Å². The largest absolute Gasteiger partial charge is 0.374 e. The Morgan fingerprint density at radius 3 is 2.68 bits per heavy atom. The second-order valence-corrected chi connectivity index (χ2v) is 5.06. The number of rotatable bonds is 6. The van der Waals surface area contributed by atoms with E-state index in [-0.39, 0.29) is 5.60 Å². The zero-order valence-corrected chi connectivity index (χ0v) is 11.8. The minimum Gasteiger partial charge on any atom is -0.374 e. The van der Waals surface area contributed by atoms with Crippen molar-refractivity contribution in [1.82, 2.24) is 9.55 Å². The predicted molar refractivity (Wildman–Crippen MR) is 77.7 cm³/mol. The molecule has 0 aliphatic heterocycles. The number of benzene rings is 1. The van der Waals surface area contributed by atoms with Gasteiger partial charge in [0, 0.05) is 24.7 Å². The third kappa shape index (κ3) is 3.83. The molecule has 0 atom stereocenters. The average Bonchev–Trinajstić information content (AvgIpc) is 2.77. The van der Waals surface area contributed by atoms with Gasteiger partial charge >= 0.3 is 0 Å². The third-order valence-corrected chi connectivity index (χ3v) is 2.83. The van der Waals surface area contributed by atoms with Gasteiger partial charge in [-0.3, -0.25) is 0 Å². The van der Waals surface area contributed by atoms with Crippen molar-refractivity contribution in [2.45, 2.75) is 32.9 Å². The number of aromatic nitrogens is 2. The van der Waals surface area contributed by atoms with Gasteiger partial charge in [-0.25, -0.2) is 4.98 Å². The lowest BCUT2D eigenvalue weighted by Crippen LogP contribution is -2.30. The Kier molecular flexibility index (Phi) is 4.22. The molecule has 4 nitrogen and oxygen atoms in total. The highest BCUT2D eigenvalue weighted by Gasteiger charge is 2.19. The molecule has 0 spiro atoms. The summed E-state index contributed by atoms with van der Waals surface area (Å²) in [6.07, 6.45) is 3.76. The maximum absolute atomic E-state index is 5.73. The number of hydrogen-bond acceptors (Lipinski definition) is 3. The van der Waals surface area contributed by atoms with Crippen LogP contribution >= 0.6 is 0 Å². The van der Waals surface area contributed by atoms with Crippen LogP contribution in [0.3, 0.4) is 0 Å². The van der Waals surface area contributed by atoms with Gasteiger partial charge in [-0.1, -0.05) is 18.2 Å². The molecule has 0 aliphatic rings. The first-order valence-corrected chi connectivity index (χ1v) is 6.58. The third-order valence-electron chi connectivity index (χ3n) is 2.83. The summed E-state index contributed by atoms with van der Waals surface area (Å²) in [6, 6.07) is 10.0. The molecule has 0 fully saturated rings. The molecule has 0 unspecified atom stereocenters. The van der Waals surface area contributed by atoms with Gasteiger partial charge in [0.2, 0.25) is 5.95 Å². The fourth-order valence-electron chi connectivity index (χ4n) is 2.06. The van der Waals surface area contributed by atoms with Crippen LogP contribution in [0.2, 0.25) is 0 Å². The molecule has 1 heterocycles. The molecule has 2 rings (SSSR count). The van der Waals surface area contributed by atoms with Gasteiger partial charge < -0.3 is 14.6 Å². The van der Waals surface area contributed by atoms with Gasteiger partial charge in [-0.15, -0.1) is 0 Å². The zero-order valence-electron chi connectivity index (χ0n) is 11.8. The van der Waals surface area contributed by atoms with Crippen LogP contribution in [0.5, 0.6) is 0 Å². The van der Waals surface area contributed by atoms with Gasteiger partial charge in [0.15, 0.2) is 0 Å². The molecule has 0 saturated carbocycles. The number of hydrogen-bond donors (Lipinski definition) is 1. The summed E-state index contributed by atoms with van der Waals surface area (Å²) in [5, 5.41) is 3.31. The lowest BCUT2D eigenvalue weighted by Gasteiger charge is -2.26. The molecule has 4 heteroatoms. The Morgan fingerprint density at radius 2 is 2.00 bits per heavy atom. The van der Waals surface area contributed by atoms with E-state index < -0.39 is 0 Å². The fraction of sp³-hybridized carbons (Fsp3) is 0.400. The van der Waals surface area contributed by atoms with Crippen molar-refractivity contribution >= 4 is 11.6 Å². The molecule has 1 aromatic carbocycles. The molecule has 0 saturated heterocycles. The topological polar surface area (TPSA) is 39.1 Å². The SMILES string of the molecule is CCOC(C)(C)Cn1ccnc1Nc1ccccc1. The Bertz CT molecular complexity index is 505. The quantitative estimate of drug-likeness (QED) is 0.863. The van der Waals surface area contributed by atoms with Gasteiger partial charge in [-0.05, 0) is 32.9 Å². The summed E-state index contributed by atoms with van der Waals surface area (Å²) in [4.78, 5) is 4.35. The van der Waals surface area contributed by atoms with E-state index in [1.54, 1.807) is 6.20 Å². The van der Waals surface area contributed by atoms with E-state index in [2.05, 4.69) is 28.7 Å². The molecule has 2 aromatic rings. The standard InChI is InChI=1S/C15H21N3O/c1-4-19-15(2,3)12-18-11-10-16-14(18)17-13-8-6-5-7-9-13/h5-11H,4,12H2,1-3H3,(H,16,17). The lowest BCUT2D eigenvalue weighted by atomic mass is 10.1. The second kappa shape index (κ2) is 5.89. The maximum atomic E-state index is 5.73. The van der Waals surface area contributed by atoms with Crippen LogP contribution in [0.25, 0.3) is 0 Å². The van der Waals surface area contributed by atoms with Crippen molar-refractivity contribution in [3.63, 3.8) is 0 Å². The minimum atomic E-state index is -0.206. The first-order valence-electron chi connectivity index (χ1n) is 6.58. The molecule has 1 aromatic heterocycles. The van der Waals surface area contributed by atoms with E-state index in [0.29, 0.717) is 6.61 Å². The zero-order chi connectivity index (χ0) is 13.7. The van der Waals surface area contributed by atoms with E-state index in [4.69, 9.17) is 4.74 Å². The van der Waals surface area contributed by atoms with Gasteiger partial charge in [0.05, 0.1) is 12.1 Å². The molecule has 1 N–H and O–H groups in total. The molecule has 0 bridgehead atoms. The van der Waals surface area contributed by atoms with E-state index in [0.717, 1.165) is 18.2 Å². The highest BCUT2D eigenvalue weighted by molar-refractivity contribution is 5.53. The van der Waals surface area contributed by atoms with E-state index in [1.165, 1.54) is 0 Å². The highest BCUT2D eigenvalue weighted by Crippen LogP contribution is 2.18. The number of anilines is 2. The average molecular weight is 259 g/mol. The summed E-state index contributed by atoms with van der Waals surface area (Å²) in [7, 11) is 0. The maximum Gasteiger partial charge on any atom is 0.207 e. The predicted octanol–water partition coefficient (Wildman–Crippen LogP) is 3.44. The molecule has 102 valence electrons. The summed E-state index contributed by atoms with van der Waals surface area (Å²) >= 11 is 0. The van der Waals surface area contributed by atoms with Crippen molar-refractivity contribution in [1.29, 1.82) is 0 Å². The lowest BCUT2D eigenvalue weighted by molar-refractivity contribution is -0.0220. The Hall–Kier alpha value is -1.81. The summed E-state index contributed by atoms with van der Waals surface area (Å²) in [6.45, 7) is 7.66. The van der Waals surface area contributed by atoms with Crippen molar-refractivity contribution in [2.75, 3.05) is 11.9 Å². The van der Waals surface area contributed by atoms with E-state index in [1.807, 2.05) is 43.5 Å². The first-order chi connectivity index (χ1) is 9.11. The van der Waals surface area contributed by atoms with Crippen LogP contribution in [-0.2, 0) is 11.3 Å². The Labute approximate surface area is 114 Å². The Morgan fingerprint density at radius 1 is 1.26 bits per heavy atom. The molecule has 0 radical (unpaired) electrons. The number of nitrogens with one attached hydrogen (secondary N) is 1. The number of para-hydroxylation sites is 1. The molecular weight excluding hydrogens is 238 g/mol. The second-order valence-electron chi connectivity index (χ2n) is 5.06. The minimum absolute atomic E-state index is 0.206. The smallest absolute Gasteiger partial charge is 0.207 e. The van der Waals surface area contributed by atoms with Crippen molar-refractivity contribution in [3.05, 3.63) is 42.7 Å². The summed E-state index contributed by atoms with van der Waals surface area (Å²) in [5.74, 6) is 0.832. The van der Waals surface area contributed by atoms with Gasteiger partial charge in [0.25, 0.3) is 0 Å². The Balaban J connectivity index is 2.10. The summed E-state index contributed by atoms with van der Waals surface area (Å²) in [5.41, 5.74) is 0.826. The first kappa shape index (κ1) is 13.6. The van der Waals surface area contributed by atoms with Crippen LogP contribution in [0.1, 0.15) is 20.8 Å². The van der Waals surface area contributed by atoms with Crippen molar-refractivity contribution < 1.29 is 4.74 Å². The monoisotopic (exact) mass is 259 g/mol. The van der Waals surface area contributed by atoms with Gasteiger partial charge in [0.1, 0.15) is 0 Å². The summed E-state index contributed by atoms with van der Waals surface area (Å²) < 4.78 is 7.80. The van der Waals surface area contributed by atoms with E-state index in [9.17, 15) is 0 Å². The molecule has 19 heavy (non-hydrogen) atoms. The van der Waals surface area contributed by atoms with Crippen LogP contribution in [0.15, 0.2) is 42.7 Å². The number of nitrogens with zero attached hydrogens (tertiary/aromatic N) is 2. The number of imidazole rings is 1. The van der Waals surface area contributed by atoms with Crippen LogP contribution in [-0.4, -0.2) is 21.8 Å². The fourth-order valence-corrected chi connectivity index (χ4v) is 2.06. The van der Waals surface area contributed by atoms with Crippen LogP contribution in [0.4, 0.5) is 11.6 Å². The molecular formula is C15H21N3O. The van der Waals surface area contributed by atoms with Crippen molar-refractivity contribution in [2.24, 2.45) is 0 Å². The van der Waals surface area contributed by atoms with Gasteiger partial charge in [-0.2, -0.15) is 0 Å². The number of ether oxygens (including phenoxy) is 1. The molecule has 0 amide bonds. The van der Waals surface area contributed by atoms with Crippen LogP contribution in [0, 0.1) is 0 Å². The van der Waals surface area contributed by atoms with Crippen LogP contribution < -0.4 is 5.32 Å². The van der Waals surface area contributed by atoms with E-state index >= 15 is 0 Å². The molecule has 0 aliphatic carbocycles.